The number of nitrogens with two attached hydrogens (primary N) is 1. The molecule has 2 aromatic carbocycles. The summed E-state index contributed by atoms with van der Waals surface area (Å²) in [5.74, 6) is 0.533. The van der Waals surface area contributed by atoms with Gasteiger partial charge in [-0.25, -0.2) is 4.98 Å². The fourth-order valence-corrected chi connectivity index (χ4v) is 2.19. The van der Waals surface area contributed by atoms with Gasteiger partial charge in [0.1, 0.15) is 5.52 Å². The Bertz CT molecular complexity index is 929. The lowest BCUT2D eigenvalue weighted by Crippen LogP contribution is -1.86. The van der Waals surface area contributed by atoms with Crippen LogP contribution in [0.15, 0.2) is 53.2 Å². The molecule has 0 radical (unpaired) electrons. The van der Waals surface area contributed by atoms with Crippen molar-refractivity contribution < 1.29 is 4.42 Å². The lowest BCUT2D eigenvalue weighted by atomic mass is 10.2. The molecule has 4 rings (SSSR count). The second-order valence-electron chi connectivity index (χ2n) is 4.47. The zero-order valence-corrected chi connectivity index (χ0v) is 10.4. The van der Waals surface area contributed by atoms with Crippen LogP contribution < -0.4 is 5.73 Å². The highest BCUT2D eigenvalue weighted by atomic mass is 16.3. The van der Waals surface area contributed by atoms with E-state index in [9.17, 15) is 0 Å². The number of fused-ring (bicyclic) bond motifs is 2. The summed E-state index contributed by atoms with van der Waals surface area (Å²) in [4.78, 5) is 13.0. The summed E-state index contributed by atoms with van der Waals surface area (Å²) in [5.41, 5.74) is 10.4. The number of nitrogens with zero attached hydrogens (tertiary/aromatic N) is 3. The number of aromatic nitrogens is 3. The van der Waals surface area contributed by atoms with Crippen LogP contribution in [-0.4, -0.2) is 15.0 Å². The summed E-state index contributed by atoms with van der Waals surface area (Å²) in [7, 11) is 0. The molecule has 0 amide bonds. The molecule has 0 bridgehead atoms. The second kappa shape index (κ2) is 4.03. The number of para-hydroxylation sites is 1. The maximum atomic E-state index is 5.89. The van der Waals surface area contributed by atoms with Crippen LogP contribution in [0.3, 0.4) is 0 Å². The number of benzene rings is 2. The van der Waals surface area contributed by atoms with Crippen LogP contribution in [0.2, 0.25) is 0 Å². The number of rotatable bonds is 1. The van der Waals surface area contributed by atoms with Crippen LogP contribution in [-0.2, 0) is 0 Å². The Kier molecular flexibility index (Phi) is 2.20. The van der Waals surface area contributed by atoms with Crippen molar-refractivity contribution in [1.82, 2.24) is 15.0 Å². The van der Waals surface area contributed by atoms with E-state index < -0.39 is 0 Å². The van der Waals surface area contributed by atoms with Crippen LogP contribution in [0.5, 0.6) is 0 Å². The Hall–Kier alpha value is -2.95. The molecule has 0 aliphatic carbocycles. The van der Waals surface area contributed by atoms with Gasteiger partial charge in [0.05, 0.1) is 16.7 Å². The van der Waals surface area contributed by atoms with Crippen LogP contribution in [0.25, 0.3) is 33.6 Å². The van der Waals surface area contributed by atoms with Crippen molar-refractivity contribution in [3.05, 3.63) is 48.8 Å². The molecule has 0 fully saturated rings. The highest BCUT2D eigenvalue weighted by Crippen LogP contribution is 2.28. The molecule has 2 aromatic heterocycles. The molecule has 20 heavy (non-hydrogen) atoms. The molecular formula is C15H10N4O. The van der Waals surface area contributed by atoms with Crippen molar-refractivity contribution in [1.29, 1.82) is 0 Å². The quantitative estimate of drug-likeness (QED) is 0.533. The third-order valence-electron chi connectivity index (χ3n) is 3.17. The minimum atomic E-state index is 0.533. The number of hydrogen-bond donors (Lipinski definition) is 1. The van der Waals surface area contributed by atoms with Gasteiger partial charge in [-0.1, -0.05) is 6.07 Å². The van der Waals surface area contributed by atoms with Crippen LogP contribution in [0, 0.1) is 0 Å². The van der Waals surface area contributed by atoms with E-state index in [1.54, 1.807) is 18.5 Å². The van der Waals surface area contributed by atoms with Gasteiger partial charge in [-0.15, -0.1) is 0 Å². The van der Waals surface area contributed by atoms with E-state index in [0.29, 0.717) is 22.7 Å². The number of nitrogen functional groups attached to an aromatic ring is 1. The van der Waals surface area contributed by atoms with E-state index in [1.165, 1.54) is 0 Å². The molecule has 0 aliphatic heterocycles. The average molecular weight is 262 g/mol. The summed E-state index contributed by atoms with van der Waals surface area (Å²) in [6.45, 7) is 0. The molecule has 2 heterocycles. The highest BCUT2D eigenvalue weighted by molar-refractivity contribution is 5.88. The summed E-state index contributed by atoms with van der Waals surface area (Å²) in [6.07, 6.45) is 3.33. The van der Waals surface area contributed by atoms with E-state index in [2.05, 4.69) is 15.0 Å². The van der Waals surface area contributed by atoms with Crippen LogP contribution in [0.1, 0.15) is 0 Å². The standard InChI is InChI=1S/C15H10N4O/c16-10-2-1-3-13-14(10)19-15(20-13)9-4-5-11-12(8-9)18-7-6-17-11/h1-8H,16H2. The molecule has 0 saturated carbocycles. The van der Waals surface area contributed by atoms with Crippen molar-refractivity contribution in [3.8, 4) is 11.5 Å². The molecule has 0 saturated heterocycles. The number of anilines is 1. The smallest absolute Gasteiger partial charge is 0.227 e. The number of hydrogen-bond acceptors (Lipinski definition) is 5. The SMILES string of the molecule is Nc1cccc2oc(-c3ccc4nccnc4c3)nc12. The Morgan fingerprint density at radius 1 is 0.950 bits per heavy atom. The van der Waals surface area contributed by atoms with Crippen LogP contribution >= 0.6 is 0 Å². The fourth-order valence-electron chi connectivity index (χ4n) is 2.19. The van der Waals surface area contributed by atoms with E-state index in [4.69, 9.17) is 10.2 Å². The first-order valence-corrected chi connectivity index (χ1v) is 6.17. The van der Waals surface area contributed by atoms with Gasteiger partial charge in [0.25, 0.3) is 0 Å². The van der Waals surface area contributed by atoms with Gasteiger partial charge in [-0.2, -0.15) is 0 Å². The predicted molar refractivity (Wildman–Crippen MR) is 77.0 cm³/mol. The largest absolute Gasteiger partial charge is 0.436 e. The predicted octanol–water partition coefficient (Wildman–Crippen LogP) is 3.02. The molecule has 2 N–H and O–H groups in total. The topological polar surface area (TPSA) is 77.8 Å². The number of oxazole rings is 1. The third kappa shape index (κ3) is 1.60. The Balaban J connectivity index is 1.94. The van der Waals surface area contributed by atoms with Crippen molar-refractivity contribution in [3.63, 3.8) is 0 Å². The van der Waals surface area contributed by atoms with Gasteiger partial charge in [-0.3, -0.25) is 9.97 Å². The molecule has 5 heteroatoms. The molecular weight excluding hydrogens is 252 g/mol. The molecule has 96 valence electrons. The zero-order chi connectivity index (χ0) is 13.5. The summed E-state index contributed by atoms with van der Waals surface area (Å²) in [5, 5.41) is 0. The van der Waals surface area contributed by atoms with Crippen molar-refractivity contribution >= 4 is 27.8 Å². The van der Waals surface area contributed by atoms with Gasteiger partial charge in [0, 0.05) is 18.0 Å². The Morgan fingerprint density at radius 3 is 2.65 bits per heavy atom. The van der Waals surface area contributed by atoms with E-state index in [-0.39, 0.29) is 0 Å². The third-order valence-corrected chi connectivity index (χ3v) is 3.17. The lowest BCUT2D eigenvalue weighted by molar-refractivity contribution is 0.620. The molecule has 0 atom stereocenters. The molecule has 5 nitrogen and oxygen atoms in total. The minimum Gasteiger partial charge on any atom is -0.436 e. The molecule has 0 unspecified atom stereocenters. The maximum Gasteiger partial charge on any atom is 0.227 e. The second-order valence-corrected chi connectivity index (χ2v) is 4.47. The fraction of sp³-hybridized carbons (Fsp3) is 0. The first-order valence-electron chi connectivity index (χ1n) is 6.17. The van der Waals surface area contributed by atoms with E-state index in [1.807, 2.05) is 30.3 Å². The van der Waals surface area contributed by atoms with E-state index >= 15 is 0 Å². The zero-order valence-electron chi connectivity index (χ0n) is 10.4. The first-order chi connectivity index (χ1) is 9.81. The van der Waals surface area contributed by atoms with Gasteiger partial charge in [0.15, 0.2) is 5.58 Å². The average Bonchev–Trinajstić information content (AvgIpc) is 2.92. The summed E-state index contributed by atoms with van der Waals surface area (Å²) in [6, 6.07) is 11.2. The lowest BCUT2D eigenvalue weighted by Gasteiger charge is -1.98. The van der Waals surface area contributed by atoms with E-state index in [0.717, 1.165) is 16.6 Å². The Morgan fingerprint density at radius 2 is 1.80 bits per heavy atom. The van der Waals surface area contributed by atoms with Crippen molar-refractivity contribution in [2.75, 3.05) is 5.73 Å². The van der Waals surface area contributed by atoms with Gasteiger partial charge in [-0.05, 0) is 30.3 Å². The van der Waals surface area contributed by atoms with Gasteiger partial charge < -0.3 is 10.2 Å². The van der Waals surface area contributed by atoms with Crippen molar-refractivity contribution in [2.24, 2.45) is 0 Å². The van der Waals surface area contributed by atoms with Crippen molar-refractivity contribution in [2.45, 2.75) is 0 Å². The minimum absolute atomic E-state index is 0.533. The molecule has 4 aromatic rings. The monoisotopic (exact) mass is 262 g/mol. The summed E-state index contributed by atoms with van der Waals surface area (Å²) < 4.78 is 5.74. The van der Waals surface area contributed by atoms with Crippen LogP contribution in [0.4, 0.5) is 5.69 Å². The molecule has 0 spiro atoms. The van der Waals surface area contributed by atoms with Gasteiger partial charge >= 0.3 is 0 Å². The molecule has 0 aliphatic rings. The maximum absolute atomic E-state index is 5.89. The van der Waals surface area contributed by atoms with Gasteiger partial charge in [0.2, 0.25) is 5.89 Å². The Labute approximate surface area is 114 Å². The summed E-state index contributed by atoms with van der Waals surface area (Å²) >= 11 is 0. The normalized spacial score (nSPS) is 11.2. The highest BCUT2D eigenvalue weighted by Gasteiger charge is 2.10. The first kappa shape index (κ1) is 10.9.